The molecule has 1 saturated heterocycles. The lowest BCUT2D eigenvalue weighted by Gasteiger charge is -2.33. The first kappa shape index (κ1) is 29.2. The number of ether oxygens (including phenoxy) is 3. The van der Waals surface area contributed by atoms with E-state index in [1.54, 1.807) is 27.7 Å². The lowest BCUT2D eigenvalue weighted by Crippen LogP contribution is -2.37. The quantitative estimate of drug-likeness (QED) is 0.277. The summed E-state index contributed by atoms with van der Waals surface area (Å²) in [6.45, 7) is 3.23. The largest absolute Gasteiger partial charge is 0.493 e. The van der Waals surface area contributed by atoms with Gasteiger partial charge in [0.25, 0.3) is 0 Å². The van der Waals surface area contributed by atoms with E-state index in [9.17, 15) is 5.11 Å². The monoisotopic (exact) mass is 596 g/mol. The van der Waals surface area contributed by atoms with Crippen molar-refractivity contribution in [3.63, 3.8) is 0 Å². The van der Waals surface area contributed by atoms with Gasteiger partial charge >= 0.3 is 0 Å². The van der Waals surface area contributed by atoms with Gasteiger partial charge < -0.3 is 34.1 Å². The number of fused-ring (bicyclic) bond motifs is 1. The van der Waals surface area contributed by atoms with Crippen LogP contribution >= 0.6 is 0 Å². The maximum Gasteiger partial charge on any atom is 0.230 e. The number of nitrogens with one attached hydrogen (secondary N) is 1. The SMILES string of the molecule is COc1cc(-n2cnc(Nc3nc4c(c(N5CCCC5CO)n3)CCN(Cc3ccc(C#N)cc3)C4)c2)cc(OC)c1OC. The summed E-state index contributed by atoms with van der Waals surface area (Å²) in [5.74, 6) is 3.53. The fraction of sp³-hybridized carbons (Fsp3) is 0.375. The molecular formula is C32H36N8O4. The van der Waals surface area contributed by atoms with Gasteiger partial charge in [-0.15, -0.1) is 0 Å². The van der Waals surface area contributed by atoms with Crippen LogP contribution in [-0.2, 0) is 19.5 Å². The second-order valence-corrected chi connectivity index (χ2v) is 10.9. The number of benzene rings is 2. The van der Waals surface area contributed by atoms with Crippen molar-refractivity contribution in [2.75, 3.05) is 51.2 Å². The van der Waals surface area contributed by atoms with E-state index in [0.29, 0.717) is 41.1 Å². The van der Waals surface area contributed by atoms with Gasteiger partial charge in [-0.3, -0.25) is 4.90 Å². The number of imidazole rings is 1. The summed E-state index contributed by atoms with van der Waals surface area (Å²) >= 11 is 0. The van der Waals surface area contributed by atoms with Crippen molar-refractivity contribution in [3.05, 3.63) is 71.3 Å². The number of rotatable bonds is 10. The second kappa shape index (κ2) is 12.8. The molecule has 0 radical (unpaired) electrons. The molecule has 1 fully saturated rings. The van der Waals surface area contributed by atoms with Gasteiger partial charge in [-0.05, 0) is 37.0 Å². The van der Waals surface area contributed by atoms with Gasteiger partial charge in [0, 0.05) is 43.9 Å². The minimum atomic E-state index is 0.0396. The number of anilines is 3. The van der Waals surface area contributed by atoms with Gasteiger partial charge in [0.2, 0.25) is 11.7 Å². The third kappa shape index (κ3) is 5.84. The molecular weight excluding hydrogens is 560 g/mol. The topological polar surface area (TPSA) is 134 Å². The van der Waals surface area contributed by atoms with Gasteiger partial charge in [0.05, 0.1) is 63.2 Å². The first-order chi connectivity index (χ1) is 21.5. The Labute approximate surface area is 256 Å². The lowest BCUT2D eigenvalue weighted by molar-refractivity contribution is 0.240. The number of aromatic nitrogens is 4. The van der Waals surface area contributed by atoms with Crippen molar-refractivity contribution in [1.82, 2.24) is 24.4 Å². The van der Waals surface area contributed by atoms with Crippen LogP contribution in [0.3, 0.4) is 0 Å². The Morgan fingerprint density at radius 2 is 1.82 bits per heavy atom. The highest BCUT2D eigenvalue weighted by Gasteiger charge is 2.31. The molecule has 0 aliphatic carbocycles. The summed E-state index contributed by atoms with van der Waals surface area (Å²) in [6.07, 6.45) is 6.31. The van der Waals surface area contributed by atoms with Crippen LogP contribution in [0.1, 0.15) is 35.2 Å². The standard InChI is InChI=1S/C32H36N8O4/c1-42-27-13-24(14-28(43-2)30(27)44-3)39-18-29(34-20-39)36-32-35-26-17-38(16-22-8-6-21(15-33)7-9-22)12-10-25(26)31(37-32)40-11-4-5-23(40)19-41/h6-9,13-14,18,20,23,41H,4-5,10-12,16-17,19H2,1-3H3,(H,35,36,37). The maximum atomic E-state index is 10.1. The first-order valence-corrected chi connectivity index (χ1v) is 14.6. The molecule has 12 heteroatoms. The molecule has 6 rings (SSSR count). The summed E-state index contributed by atoms with van der Waals surface area (Å²) < 4.78 is 18.4. The van der Waals surface area contributed by atoms with Crippen LogP contribution in [0, 0.1) is 11.3 Å². The Bertz CT molecular complexity index is 1640. The Morgan fingerprint density at radius 3 is 2.50 bits per heavy atom. The molecule has 0 amide bonds. The molecule has 2 aliphatic heterocycles. The minimum Gasteiger partial charge on any atom is -0.493 e. The third-order valence-electron chi connectivity index (χ3n) is 8.24. The number of aliphatic hydroxyl groups excluding tert-OH is 1. The van der Waals surface area contributed by atoms with E-state index in [2.05, 4.69) is 26.2 Å². The van der Waals surface area contributed by atoms with Crippen LogP contribution in [0.15, 0.2) is 48.9 Å². The Kier molecular flexibility index (Phi) is 8.49. The van der Waals surface area contributed by atoms with Crippen molar-refractivity contribution in [2.24, 2.45) is 0 Å². The number of hydrogen-bond acceptors (Lipinski definition) is 11. The van der Waals surface area contributed by atoms with Gasteiger partial charge in [0.1, 0.15) is 12.1 Å². The van der Waals surface area contributed by atoms with Crippen LogP contribution in [-0.4, -0.2) is 76.6 Å². The predicted octanol–water partition coefficient (Wildman–Crippen LogP) is 3.82. The molecule has 44 heavy (non-hydrogen) atoms. The number of hydrogen-bond donors (Lipinski definition) is 2. The molecule has 0 spiro atoms. The first-order valence-electron chi connectivity index (χ1n) is 14.6. The van der Waals surface area contributed by atoms with Crippen molar-refractivity contribution < 1.29 is 19.3 Å². The molecule has 2 aromatic heterocycles. The second-order valence-electron chi connectivity index (χ2n) is 10.9. The molecule has 12 nitrogen and oxygen atoms in total. The van der Waals surface area contributed by atoms with E-state index in [-0.39, 0.29) is 12.6 Å². The highest BCUT2D eigenvalue weighted by atomic mass is 16.5. The Morgan fingerprint density at radius 1 is 1.05 bits per heavy atom. The fourth-order valence-corrected chi connectivity index (χ4v) is 6.00. The van der Waals surface area contributed by atoms with Crippen LogP contribution in [0.4, 0.5) is 17.6 Å². The van der Waals surface area contributed by atoms with Crippen molar-refractivity contribution >= 4 is 17.6 Å². The van der Waals surface area contributed by atoms with E-state index in [4.69, 9.17) is 29.4 Å². The normalized spacial score (nSPS) is 16.3. The zero-order valence-corrected chi connectivity index (χ0v) is 25.2. The average molecular weight is 597 g/mol. The number of methoxy groups -OCH3 is 3. The zero-order chi connectivity index (χ0) is 30.6. The molecule has 1 unspecified atom stereocenters. The highest BCUT2D eigenvalue weighted by molar-refractivity contribution is 5.60. The Balaban J connectivity index is 1.29. The molecule has 0 bridgehead atoms. The Hall–Kier alpha value is -4.86. The maximum absolute atomic E-state index is 10.1. The smallest absolute Gasteiger partial charge is 0.230 e. The van der Waals surface area contributed by atoms with Crippen molar-refractivity contribution in [3.8, 4) is 29.0 Å². The average Bonchev–Trinajstić information content (AvgIpc) is 3.74. The molecule has 2 N–H and O–H groups in total. The zero-order valence-electron chi connectivity index (χ0n) is 25.2. The molecule has 2 aromatic carbocycles. The highest BCUT2D eigenvalue weighted by Crippen LogP contribution is 2.39. The third-order valence-corrected chi connectivity index (χ3v) is 8.24. The van der Waals surface area contributed by atoms with Crippen LogP contribution in [0.2, 0.25) is 0 Å². The van der Waals surface area contributed by atoms with Crippen molar-refractivity contribution in [1.29, 1.82) is 5.26 Å². The van der Waals surface area contributed by atoms with E-state index in [1.165, 1.54) is 0 Å². The van der Waals surface area contributed by atoms with Crippen LogP contribution < -0.4 is 24.4 Å². The molecule has 4 heterocycles. The van der Waals surface area contributed by atoms with Gasteiger partial charge in [0.15, 0.2) is 17.3 Å². The lowest BCUT2D eigenvalue weighted by atomic mass is 10.0. The van der Waals surface area contributed by atoms with E-state index < -0.39 is 0 Å². The summed E-state index contributed by atoms with van der Waals surface area (Å²) in [5.41, 5.74) is 4.69. The number of nitriles is 1. The molecule has 228 valence electrons. The van der Waals surface area contributed by atoms with Crippen LogP contribution in [0.5, 0.6) is 17.2 Å². The van der Waals surface area contributed by atoms with E-state index >= 15 is 0 Å². The van der Waals surface area contributed by atoms with E-state index in [0.717, 1.165) is 67.2 Å². The van der Waals surface area contributed by atoms with Crippen LogP contribution in [0.25, 0.3) is 5.69 Å². The van der Waals surface area contributed by atoms with Crippen molar-refractivity contribution in [2.45, 2.75) is 38.4 Å². The van der Waals surface area contributed by atoms with Gasteiger partial charge in [-0.1, -0.05) is 12.1 Å². The minimum absolute atomic E-state index is 0.0396. The summed E-state index contributed by atoms with van der Waals surface area (Å²) in [6, 6.07) is 13.7. The molecule has 1 atom stereocenters. The molecule has 0 saturated carbocycles. The number of aliphatic hydroxyl groups is 1. The van der Waals surface area contributed by atoms with Gasteiger partial charge in [-0.25, -0.2) is 9.97 Å². The van der Waals surface area contributed by atoms with E-state index in [1.807, 2.05) is 47.2 Å². The fourth-order valence-electron chi connectivity index (χ4n) is 6.00. The van der Waals surface area contributed by atoms with Gasteiger partial charge in [-0.2, -0.15) is 10.2 Å². The molecule has 4 aromatic rings. The molecule has 2 aliphatic rings. The summed E-state index contributed by atoms with van der Waals surface area (Å²) in [4.78, 5) is 19.1. The number of nitrogens with zero attached hydrogens (tertiary/aromatic N) is 7. The predicted molar refractivity (Wildman–Crippen MR) is 165 cm³/mol. The summed E-state index contributed by atoms with van der Waals surface area (Å²) in [7, 11) is 4.74. The summed E-state index contributed by atoms with van der Waals surface area (Å²) in [5, 5.41) is 22.6.